The summed E-state index contributed by atoms with van der Waals surface area (Å²) in [5.74, 6) is 0.349. The van der Waals surface area contributed by atoms with Crippen LogP contribution in [0.25, 0.3) is 11.2 Å². The smallest absolute Gasteiger partial charge is 0.224 e. The Morgan fingerprint density at radius 3 is 2.55 bits per heavy atom. The van der Waals surface area contributed by atoms with E-state index >= 15 is 0 Å². The Hall–Kier alpha value is -2.41. The van der Waals surface area contributed by atoms with Gasteiger partial charge in [-0.15, -0.1) is 0 Å². The lowest BCUT2D eigenvalue weighted by atomic mass is 10.1. The zero-order chi connectivity index (χ0) is 15.5. The van der Waals surface area contributed by atoms with Crippen molar-refractivity contribution in [3.05, 3.63) is 36.0 Å². The summed E-state index contributed by atoms with van der Waals surface area (Å²) >= 11 is 1.53. The van der Waals surface area contributed by atoms with Crippen LogP contribution < -0.4 is 11.5 Å². The fraction of sp³-hybridized carbons (Fsp3) is 0.200. The molecule has 0 aliphatic rings. The van der Waals surface area contributed by atoms with Gasteiger partial charge in [-0.25, -0.2) is 9.97 Å². The summed E-state index contributed by atoms with van der Waals surface area (Å²) in [6, 6.07) is 8.45. The van der Waals surface area contributed by atoms with E-state index < -0.39 is 0 Å². The van der Waals surface area contributed by atoms with Gasteiger partial charge >= 0.3 is 0 Å². The van der Waals surface area contributed by atoms with Gasteiger partial charge in [0.05, 0.1) is 6.20 Å². The van der Waals surface area contributed by atoms with E-state index in [9.17, 15) is 0 Å². The van der Waals surface area contributed by atoms with Crippen molar-refractivity contribution in [2.45, 2.75) is 29.7 Å². The van der Waals surface area contributed by atoms with Crippen molar-refractivity contribution in [2.75, 3.05) is 11.5 Å². The number of nitrogens with zero attached hydrogens (tertiary/aromatic N) is 4. The molecule has 0 spiro atoms. The highest BCUT2D eigenvalue weighted by Crippen LogP contribution is 2.27. The van der Waals surface area contributed by atoms with Crippen molar-refractivity contribution in [1.29, 1.82) is 0 Å². The molecular weight excluding hydrogens is 296 g/mol. The lowest BCUT2D eigenvalue weighted by molar-refractivity contribution is 0.920. The molecule has 112 valence electrons. The molecule has 2 heterocycles. The molecule has 22 heavy (non-hydrogen) atoms. The van der Waals surface area contributed by atoms with Crippen LogP contribution in [0.5, 0.6) is 0 Å². The number of rotatable bonds is 4. The molecule has 0 saturated carbocycles. The maximum absolute atomic E-state index is 5.83. The minimum atomic E-state index is 0.103. The van der Waals surface area contributed by atoms with Crippen molar-refractivity contribution >= 4 is 34.7 Å². The summed E-state index contributed by atoms with van der Waals surface area (Å²) in [7, 11) is 0. The number of anilines is 2. The second-order valence-electron chi connectivity index (χ2n) is 4.84. The molecule has 0 fully saturated rings. The van der Waals surface area contributed by atoms with Crippen LogP contribution in [0.3, 0.4) is 0 Å². The maximum Gasteiger partial charge on any atom is 0.224 e. The monoisotopic (exact) mass is 312 g/mol. The highest BCUT2D eigenvalue weighted by atomic mass is 32.2. The fourth-order valence-corrected chi connectivity index (χ4v) is 2.87. The minimum absolute atomic E-state index is 0.103. The van der Waals surface area contributed by atoms with E-state index in [2.05, 4.69) is 51.1 Å². The van der Waals surface area contributed by atoms with Gasteiger partial charge in [0, 0.05) is 4.90 Å². The van der Waals surface area contributed by atoms with E-state index in [1.54, 1.807) is 6.20 Å². The molecule has 0 saturated heterocycles. The first-order chi connectivity index (χ1) is 10.7. The average molecular weight is 312 g/mol. The van der Waals surface area contributed by atoms with Crippen LogP contribution in [-0.4, -0.2) is 19.9 Å². The SMILES string of the molecule is CCCc1ccc(Sc2cnc3nc(N)nc(N)c3n2)cc1. The Morgan fingerprint density at radius 2 is 1.82 bits per heavy atom. The molecular formula is C15H16N6S. The molecule has 3 aromatic rings. The summed E-state index contributed by atoms with van der Waals surface area (Å²) in [6.45, 7) is 2.17. The van der Waals surface area contributed by atoms with Crippen molar-refractivity contribution in [2.24, 2.45) is 0 Å². The van der Waals surface area contributed by atoms with Gasteiger partial charge in [0.25, 0.3) is 0 Å². The Kier molecular flexibility index (Phi) is 4.06. The van der Waals surface area contributed by atoms with Crippen molar-refractivity contribution in [3.8, 4) is 0 Å². The molecule has 0 atom stereocenters. The van der Waals surface area contributed by atoms with E-state index in [1.807, 2.05) is 0 Å². The lowest BCUT2D eigenvalue weighted by Gasteiger charge is -2.05. The highest BCUT2D eigenvalue weighted by molar-refractivity contribution is 7.99. The number of nitrogen functional groups attached to an aromatic ring is 2. The van der Waals surface area contributed by atoms with Crippen LogP contribution in [0.4, 0.5) is 11.8 Å². The van der Waals surface area contributed by atoms with Crippen LogP contribution in [0.1, 0.15) is 18.9 Å². The minimum Gasteiger partial charge on any atom is -0.382 e. The number of aromatic nitrogens is 4. The van der Waals surface area contributed by atoms with E-state index in [-0.39, 0.29) is 11.8 Å². The van der Waals surface area contributed by atoms with E-state index in [0.717, 1.165) is 22.8 Å². The van der Waals surface area contributed by atoms with Crippen LogP contribution in [0.2, 0.25) is 0 Å². The maximum atomic E-state index is 5.83. The molecule has 0 radical (unpaired) electrons. The summed E-state index contributed by atoms with van der Waals surface area (Å²) in [6.07, 6.45) is 3.90. The van der Waals surface area contributed by atoms with Crippen LogP contribution >= 0.6 is 11.8 Å². The lowest BCUT2D eigenvalue weighted by Crippen LogP contribution is -2.03. The molecule has 7 heteroatoms. The van der Waals surface area contributed by atoms with Gasteiger partial charge in [-0.2, -0.15) is 9.97 Å². The fourth-order valence-electron chi connectivity index (χ4n) is 2.11. The van der Waals surface area contributed by atoms with Gasteiger partial charge in [0.2, 0.25) is 5.95 Å². The average Bonchev–Trinajstić information content (AvgIpc) is 2.50. The summed E-state index contributed by atoms with van der Waals surface area (Å²) in [5.41, 5.74) is 13.6. The first kappa shape index (κ1) is 14.5. The zero-order valence-corrected chi connectivity index (χ0v) is 13.0. The predicted octanol–water partition coefficient (Wildman–Crippen LogP) is 2.69. The molecule has 2 aromatic heterocycles. The molecule has 1 aromatic carbocycles. The molecule has 0 aliphatic carbocycles. The molecule has 0 aliphatic heterocycles. The number of aryl methyl sites for hydroxylation is 1. The van der Waals surface area contributed by atoms with Crippen molar-refractivity contribution < 1.29 is 0 Å². The molecule has 6 nitrogen and oxygen atoms in total. The molecule has 0 unspecified atom stereocenters. The largest absolute Gasteiger partial charge is 0.382 e. The normalized spacial score (nSPS) is 11.0. The van der Waals surface area contributed by atoms with Crippen LogP contribution in [0.15, 0.2) is 40.4 Å². The van der Waals surface area contributed by atoms with Gasteiger partial charge in [-0.05, 0) is 24.1 Å². The molecule has 4 N–H and O–H groups in total. The van der Waals surface area contributed by atoms with Gasteiger partial charge in [0.15, 0.2) is 17.0 Å². The second-order valence-corrected chi connectivity index (χ2v) is 5.94. The first-order valence-electron chi connectivity index (χ1n) is 6.98. The number of benzene rings is 1. The standard InChI is InChI=1S/C15H16N6S/c1-2-3-9-4-6-10(7-5-9)22-11-8-18-14-12(19-11)13(16)20-15(17)21-14/h4-8H,2-3H2,1H3,(H4,16,17,18,20,21). The Morgan fingerprint density at radius 1 is 1.05 bits per heavy atom. The summed E-state index contributed by atoms with van der Waals surface area (Å²) in [4.78, 5) is 17.8. The van der Waals surface area contributed by atoms with Gasteiger partial charge in [0.1, 0.15) is 5.03 Å². The van der Waals surface area contributed by atoms with Crippen LogP contribution in [0, 0.1) is 0 Å². The van der Waals surface area contributed by atoms with Crippen molar-refractivity contribution in [3.63, 3.8) is 0 Å². The predicted molar refractivity (Wildman–Crippen MR) is 88.5 cm³/mol. The number of fused-ring (bicyclic) bond motifs is 1. The first-order valence-corrected chi connectivity index (χ1v) is 7.80. The second kappa shape index (κ2) is 6.15. The molecule has 3 rings (SSSR count). The Labute approximate surface area is 132 Å². The third-order valence-corrected chi connectivity index (χ3v) is 4.03. The molecule has 0 bridgehead atoms. The number of nitrogens with two attached hydrogens (primary N) is 2. The van der Waals surface area contributed by atoms with E-state index in [4.69, 9.17) is 11.5 Å². The quantitative estimate of drug-likeness (QED) is 0.763. The number of hydrogen-bond donors (Lipinski definition) is 2. The molecule has 0 amide bonds. The highest BCUT2D eigenvalue weighted by Gasteiger charge is 2.08. The van der Waals surface area contributed by atoms with Crippen LogP contribution in [-0.2, 0) is 6.42 Å². The van der Waals surface area contributed by atoms with Gasteiger partial charge < -0.3 is 11.5 Å². The van der Waals surface area contributed by atoms with E-state index in [1.165, 1.54) is 17.3 Å². The van der Waals surface area contributed by atoms with Crippen molar-refractivity contribution in [1.82, 2.24) is 19.9 Å². The zero-order valence-electron chi connectivity index (χ0n) is 12.2. The van der Waals surface area contributed by atoms with Gasteiger partial charge in [-0.3, -0.25) is 0 Å². The topological polar surface area (TPSA) is 104 Å². The number of hydrogen-bond acceptors (Lipinski definition) is 7. The Balaban J connectivity index is 1.87. The van der Waals surface area contributed by atoms with Gasteiger partial charge in [-0.1, -0.05) is 37.2 Å². The Bertz CT molecular complexity index is 803. The third-order valence-electron chi connectivity index (χ3n) is 3.11. The summed E-state index contributed by atoms with van der Waals surface area (Å²) < 4.78 is 0. The van der Waals surface area contributed by atoms with E-state index in [0.29, 0.717) is 11.2 Å². The third kappa shape index (κ3) is 3.09. The summed E-state index contributed by atoms with van der Waals surface area (Å²) in [5, 5.41) is 0.746.